The van der Waals surface area contributed by atoms with Crippen molar-refractivity contribution >= 4 is 17.3 Å². The number of carbonyl (C=O) groups excluding carboxylic acids is 1. The molecule has 0 aliphatic rings. The Morgan fingerprint density at radius 1 is 1.14 bits per heavy atom. The Morgan fingerprint density at radius 3 is 2.29 bits per heavy atom. The lowest BCUT2D eigenvalue weighted by Gasteiger charge is -2.21. The third kappa shape index (κ3) is 6.63. The molecule has 0 atom stereocenters. The zero-order valence-corrected chi connectivity index (χ0v) is 13.8. The number of rotatable bonds is 9. The molecule has 0 saturated carbocycles. The van der Waals surface area contributed by atoms with Gasteiger partial charge in [-0.25, -0.2) is 0 Å². The molecule has 1 aromatic rings. The van der Waals surface area contributed by atoms with Crippen molar-refractivity contribution in [2.75, 3.05) is 29.9 Å². The highest BCUT2D eigenvalue weighted by Gasteiger charge is 2.04. The van der Waals surface area contributed by atoms with E-state index in [-0.39, 0.29) is 5.91 Å². The molecule has 4 heteroatoms. The van der Waals surface area contributed by atoms with Gasteiger partial charge in [0, 0.05) is 36.9 Å². The molecule has 118 valence electrons. The average Bonchev–Trinajstić information content (AvgIpc) is 2.46. The Kier molecular flexibility index (Phi) is 7.83. The van der Waals surface area contributed by atoms with Gasteiger partial charge >= 0.3 is 0 Å². The molecule has 2 N–H and O–H groups in total. The van der Waals surface area contributed by atoms with E-state index < -0.39 is 0 Å². The molecule has 1 amide bonds. The van der Waals surface area contributed by atoms with Crippen LogP contribution < -0.4 is 15.5 Å². The molecular formula is C17H29N3O. The van der Waals surface area contributed by atoms with E-state index in [9.17, 15) is 4.79 Å². The van der Waals surface area contributed by atoms with Gasteiger partial charge in [0.2, 0.25) is 5.91 Å². The fourth-order valence-corrected chi connectivity index (χ4v) is 2.21. The first kappa shape index (κ1) is 17.5. The van der Waals surface area contributed by atoms with E-state index in [0.29, 0.717) is 12.5 Å². The Bertz CT molecular complexity index is 411. The summed E-state index contributed by atoms with van der Waals surface area (Å²) in [6, 6.07) is 8.53. The average molecular weight is 291 g/mol. The highest BCUT2D eigenvalue weighted by molar-refractivity contribution is 5.90. The van der Waals surface area contributed by atoms with Crippen LogP contribution in [0, 0.1) is 0 Å². The van der Waals surface area contributed by atoms with Gasteiger partial charge < -0.3 is 15.5 Å². The van der Waals surface area contributed by atoms with Crippen LogP contribution in [-0.2, 0) is 4.79 Å². The molecule has 0 aliphatic carbocycles. The molecule has 0 radical (unpaired) electrons. The van der Waals surface area contributed by atoms with Gasteiger partial charge in [0.25, 0.3) is 0 Å². The van der Waals surface area contributed by atoms with Gasteiger partial charge in [-0.1, -0.05) is 13.8 Å². The maximum Gasteiger partial charge on any atom is 0.224 e. The molecular weight excluding hydrogens is 262 g/mol. The third-order valence-electron chi connectivity index (χ3n) is 3.41. The van der Waals surface area contributed by atoms with E-state index in [0.717, 1.165) is 31.7 Å². The van der Waals surface area contributed by atoms with Crippen LogP contribution in [0.1, 0.15) is 40.5 Å². The Labute approximate surface area is 128 Å². The van der Waals surface area contributed by atoms with E-state index in [4.69, 9.17) is 0 Å². The summed E-state index contributed by atoms with van der Waals surface area (Å²) in [5.41, 5.74) is 2.06. The van der Waals surface area contributed by atoms with Gasteiger partial charge in [-0.15, -0.1) is 0 Å². The molecule has 0 saturated heterocycles. The Balaban J connectivity index is 2.39. The monoisotopic (exact) mass is 291 g/mol. The summed E-state index contributed by atoms with van der Waals surface area (Å²) in [6.07, 6.45) is 1.42. The second-order valence-corrected chi connectivity index (χ2v) is 5.48. The van der Waals surface area contributed by atoms with Gasteiger partial charge in [0.1, 0.15) is 0 Å². The SMILES string of the molecule is CCN(CC)c1ccc(NC(=O)CCCNC(C)C)cc1. The maximum absolute atomic E-state index is 11.8. The van der Waals surface area contributed by atoms with Gasteiger partial charge in [0.05, 0.1) is 0 Å². The molecule has 4 nitrogen and oxygen atoms in total. The quantitative estimate of drug-likeness (QED) is 0.686. The number of nitrogens with zero attached hydrogens (tertiary/aromatic N) is 1. The number of hydrogen-bond donors (Lipinski definition) is 2. The van der Waals surface area contributed by atoms with Crippen LogP contribution in [0.2, 0.25) is 0 Å². The van der Waals surface area contributed by atoms with Crippen molar-refractivity contribution < 1.29 is 4.79 Å². The van der Waals surface area contributed by atoms with E-state index in [1.807, 2.05) is 12.1 Å². The Morgan fingerprint density at radius 2 is 1.76 bits per heavy atom. The van der Waals surface area contributed by atoms with Crippen molar-refractivity contribution in [3.63, 3.8) is 0 Å². The Hall–Kier alpha value is -1.55. The largest absolute Gasteiger partial charge is 0.372 e. The van der Waals surface area contributed by atoms with Crippen LogP contribution in [0.25, 0.3) is 0 Å². The summed E-state index contributed by atoms with van der Waals surface area (Å²) >= 11 is 0. The van der Waals surface area contributed by atoms with E-state index in [2.05, 4.69) is 55.4 Å². The predicted octanol–water partition coefficient (Wildman–Crippen LogP) is 3.25. The molecule has 0 unspecified atom stereocenters. The van der Waals surface area contributed by atoms with E-state index >= 15 is 0 Å². The lowest BCUT2D eigenvalue weighted by atomic mass is 10.2. The molecule has 0 bridgehead atoms. The molecule has 0 fully saturated rings. The van der Waals surface area contributed by atoms with Crippen molar-refractivity contribution in [3.05, 3.63) is 24.3 Å². The van der Waals surface area contributed by atoms with Gasteiger partial charge in [-0.05, 0) is 51.1 Å². The van der Waals surface area contributed by atoms with Crippen LogP contribution in [0.15, 0.2) is 24.3 Å². The molecule has 0 spiro atoms. The standard InChI is InChI=1S/C17H29N3O/c1-5-20(6-2)16-11-9-15(10-12-16)19-17(21)8-7-13-18-14(3)4/h9-12,14,18H,5-8,13H2,1-4H3,(H,19,21). The summed E-state index contributed by atoms with van der Waals surface area (Å²) in [5, 5.41) is 6.26. The van der Waals surface area contributed by atoms with Crippen LogP contribution >= 0.6 is 0 Å². The summed E-state index contributed by atoms with van der Waals surface area (Å²) in [7, 11) is 0. The zero-order chi connectivity index (χ0) is 15.7. The molecule has 0 heterocycles. The molecule has 0 aliphatic heterocycles. The minimum atomic E-state index is 0.0798. The second kappa shape index (κ2) is 9.40. The number of amides is 1. The van der Waals surface area contributed by atoms with Gasteiger partial charge in [-0.2, -0.15) is 0 Å². The molecule has 21 heavy (non-hydrogen) atoms. The number of anilines is 2. The minimum absolute atomic E-state index is 0.0798. The number of hydrogen-bond acceptors (Lipinski definition) is 3. The van der Waals surface area contributed by atoms with Gasteiger partial charge in [-0.3, -0.25) is 4.79 Å². The van der Waals surface area contributed by atoms with Gasteiger partial charge in [0.15, 0.2) is 0 Å². The second-order valence-electron chi connectivity index (χ2n) is 5.48. The first-order valence-corrected chi connectivity index (χ1v) is 7.95. The van der Waals surface area contributed by atoms with Crippen LogP contribution in [0.3, 0.4) is 0 Å². The summed E-state index contributed by atoms with van der Waals surface area (Å²) < 4.78 is 0. The summed E-state index contributed by atoms with van der Waals surface area (Å²) in [5.74, 6) is 0.0798. The number of nitrogens with one attached hydrogen (secondary N) is 2. The van der Waals surface area contributed by atoms with Crippen LogP contribution in [-0.4, -0.2) is 31.6 Å². The molecule has 1 rings (SSSR count). The van der Waals surface area contributed by atoms with Crippen molar-refractivity contribution in [2.45, 2.75) is 46.6 Å². The van der Waals surface area contributed by atoms with E-state index in [1.54, 1.807) is 0 Å². The molecule has 1 aromatic carbocycles. The fraction of sp³-hybridized carbons (Fsp3) is 0.588. The fourth-order valence-electron chi connectivity index (χ4n) is 2.21. The van der Waals surface area contributed by atoms with Crippen LogP contribution in [0.5, 0.6) is 0 Å². The highest BCUT2D eigenvalue weighted by Crippen LogP contribution is 2.17. The topological polar surface area (TPSA) is 44.4 Å². The lowest BCUT2D eigenvalue weighted by molar-refractivity contribution is -0.116. The normalized spacial score (nSPS) is 10.7. The number of carbonyl (C=O) groups is 1. The smallest absolute Gasteiger partial charge is 0.224 e. The van der Waals surface area contributed by atoms with Crippen molar-refractivity contribution in [1.82, 2.24) is 5.32 Å². The van der Waals surface area contributed by atoms with Crippen LogP contribution in [0.4, 0.5) is 11.4 Å². The lowest BCUT2D eigenvalue weighted by Crippen LogP contribution is -2.24. The maximum atomic E-state index is 11.8. The molecule has 0 aromatic heterocycles. The zero-order valence-electron chi connectivity index (χ0n) is 13.8. The van der Waals surface area contributed by atoms with E-state index in [1.165, 1.54) is 5.69 Å². The van der Waals surface area contributed by atoms with Crippen molar-refractivity contribution in [1.29, 1.82) is 0 Å². The predicted molar refractivity (Wildman–Crippen MR) is 91.0 cm³/mol. The first-order chi connectivity index (χ1) is 10.1. The highest BCUT2D eigenvalue weighted by atomic mass is 16.1. The van der Waals surface area contributed by atoms with Crippen molar-refractivity contribution in [2.24, 2.45) is 0 Å². The first-order valence-electron chi connectivity index (χ1n) is 7.95. The summed E-state index contributed by atoms with van der Waals surface area (Å²) in [6.45, 7) is 11.4. The third-order valence-corrected chi connectivity index (χ3v) is 3.41. The van der Waals surface area contributed by atoms with Crippen molar-refractivity contribution in [3.8, 4) is 0 Å². The minimum Gasteiger partial charge on any atom is -0.372 e. The number of benzene rings is 1. The summed E-state index contributed by atoms with van der Waals surface area (Å²) in [4.78, 5) is 14.1.